The van der Waals surface area contributed by atoms with Gasteiger partial charge in [-0.3, -0.25) is 4.90 Å². The van der Waals surface area contributed by atoms with Crippen molar-refractivity contribution in [3.63, 3.8) is 0 Å². The van der Waals surface area contributed by atoms with Crippen LogP contribution in [0.1, 0.15) is 26.2 Å². The number of halogens is 2. The zero-order valence-corrected chi connectivity index (χ0v) is 24.4. The van der Waals surface area contributed by atoms with Crippen molar-refractivity contribution in [2.75, 3.05) is 53.2 Å². The van der Waals surface area contributed by atoms with E-state index in [-0.39, 0.29) is 39.4 Å². The maximum absolute atomic E-state index is 14.6. The Morgan fingerprint density at radius 3 is 2.70 bits per heavy atom. The highest BCUT2D eigenvalue weighted by atomic mass is 35.5. The number of carbonyl (C=O) groups is 1. The third-order valence-corrected chi connectivity index (χ3v) is 8.85. The highest BCUT2D eigenvalue weighted by molar-refractivity contribution is 6.31. The number of nitrogens with one attached hydrogen (secondary N) is 1. The highest BCUT2D eigenvalue weighted by Gasteiger charge is 2.50. The Hall–Kier alpha value is -3.21. The van der Waals surface area contributed by atoms with Gasteiger partial charge in [0.25, 0.3) is 0 Å². The quantitative estimate of drug-likeness (QED) is 0.402. The van der Waals surface area contributed by atoms with Crippen molar-refractivity contribution in [1.29, 1.82) is 0 Å². The minimum Gasteiger partial charge on any atom is -0.493 e. The first-order valence-electron chi connectivity index (χ1n) is 13.6. The molecule has 3 atom stereocenters. The van der Waals surface area contributed by atoms with Crippen LogP contribution >= 0.6 is 11.6 Å². The van der Waals surface area contributed by atoms with E-state index in [1.165, 1.54) is 12.4 Å². The molecule has 1 aromatic heterocycles. The first-order chi connectivity index (χ1) is 19.1. The van der Waals surface area contributed by atoms with Crippen molar-refractivity contribution in [2.45, 2.75) is 44.4 Å². The van der Waals surface area contributed by atoms with Crippen molar-refractivity contribution in [2.24, 2.45) is 0 Å². The normalized spacial score (nSPS) is 23.8. The number of hydrogen-bond donors (Lipinski definition) is 1. The SMILES string of the molecule is COc1cc2ncnc(Nc3cccc(Cl)c3F)c2cc1O[C@@H]1CC(C)[N+](C)(C(=O)N(C)C2CCN(C)CC2)C1. The summed E-state index contributed by atoms with van der Waals surface area (Å²) in [6.45, 7) is 4.65. The van der Waals surface area contributed by atoms with Gasteiger partial charge in [0, 0.05) is 31.0 Å². The Kier molecular flexibility index (Phi) is 8.03. The number of quaternary nitrogens is 1. The predicted octanol–water partition coefficient (Wildman–Crippen LogP) is 5.31. The first-order valence-corrected chi connectivity index (χ1v) is 14.0. The summed E-state index contributed by atoms with van der Waals surface area (Å²) in [5, 5.41) is 3.69. The van der Waals surface area contributed by atoms with Crippen LogP contribution in [0.4, 0.5) is 20.7 Å². The van der Waals surface area contributed by atoms with Crippen LogP contribution in [0.3, 0.4) is 0 Å². The maximum Gasteiger partial charge on any atom is 0.419 e. The molecule has 2 fully saturated rings. The molecular formula is C29H37ClFN6O3+. The summed E-state index contributed by atoms with van der Waals surface area (Å²) in [7, 11) is 7.65. The molecule has 1 N–H and O–H groups in total. The summed E-state index contributed by atoms with van der Waals surface area (Å²) in [5.74, 6) is 0.887. The molecule has 0 aliphatic carbocycles. The number of piperidine rings is 1. The van der Waals surface area contributed by atoms with E-state index < -0.39 is 5.82 Å². The fraction of sp³-hybridized carbons (Fsp3) is 0.483. The average molecular weight is 572 g/mol. The predicted molar refractivity (Wildman–Crippen MR) is 154 cm³/mol. The first kappa shape index (κ1) is 28.3. The minimum absolute atomic E-state index is 0.0154. The number of nitrogens with zero attached hydrogens (tertiary/aromatic N) is 5. The number of hydrogen-bond acceptors (Lipinski definition) is 7. The molecule has 2 amide bonds. The standard InChI is InChI=1S/C29H37ClFN6O3/c1-18-13-20(16-37(18,4)29(38)36(3)19-9-11-35(2)12-10-19)40-26-14-21-24(15-25(26)39-5)32-17-33-28(21)34-23-8-6-7-22(30)27(23)31/h6-8,14-15,17-20H,9-13,16H2,1-5H3,(H,32,33,34)/q+1/t18?,20-,37?/m1/s1. The fourth-order valence-electron chi connectivity index (χ4n) is 5.86. The fourth-order valence-corrected chi connectivity index (χ4v) is 6.04. The molecule has 2 aliphatic rings. The van der Waals surface area contributed by atoms with Crippen LogP contribution in [-0.2, 0) is 0 Å². The lowest BCUT2D eigenvalue weighted by molar-refractivity contribution is -0.845. The molecule has 3 aromatic rings. The Morgan fingerprint density at radius 2 is 1.98 bits per heavy atom. The Labute approximate surface area is 239 Å². The van der Waals surface area contributed by atoms with Crippen molar-refractivity contribution in [3.8, 4) is 11.5 Å². The zero-order valence-electron chi connectivity index (χ0n) is 23.7. The molecular weight excluding hydrogens is 535 g/mol. The third kappa shape index (κ3) is 5.40. The summed E-state index contributed by atoms with van der Waals surface area (Å²) >= 11 is 5.97. The van der Waals surface area contributed by atoms with Gasteiger partial charge in [0.1, 0.15) is 18.7 Å². The molecule has 3 heterocycles. The molecule has 0 bridgehead atoms. The molecule has 2 aromatic carbocycles. The number of carbonyl (C=O) groups excluding carboxylic acids is 1. The van der Waals surface area contributed by atoms with E-state index in [4.69, 9.17) is 21.1 Å². The molecule has 0 saturated carbocycles. The number of fused-ring (bicyclic) bond motifs is 1. The monoisotopic (exact) mass is 571 g/mol. The number of likely N-dealkylation sites (tertiary alicyclic amines) is 2. The topological polar surface area (TPSA) is 79.8 Å². The van der Waals surface area contributed by atoms with Gasteiger partial charge in [0.15, 0.2) is 23.4 Å². The summed E-state index contributed by atoms with van der Waals surface area (Å²) in [6.07, 6.45) is 3.89. The van der Waals surface area contributed by atoms with Crippen molar-refractivity contribution in [1.82, 2.24) is 19.8 Å². The number of methoxy groups -OCH3 is 1. The van der Waals surface area contributed by atoms with E-state index in [9.17, 15) is 9.18 Å². The van der Waals surface area contributed by atoms with Crippen molar-refractivity contribution in [3.05, 3.63) is 47.5 Å². The van der Waals surface area contributed by atoms with Gasteiger partial charge in [0.2, 0.25) is 0 Å². The van der Waals surface area contributed by atoms with Gasteiger partial charge < -0.3 is 19.7 Å². The number of anilines is 2. The molecule has 2 aliphatic heterocycles. The van der Waals surface area contributed by atoms with Gasteiger partial charge in [-0.15, -0.1) is 0 Å². The van der Waals surface area contributed by atoms with Gasteiger partial charge in [-0.25, -0.2) is 23.6 Å². The maximum atomic E-state index is 14.6. The lowest BCUT2D eigenvalue weighted by atomic mass is 10.0. The highest BCUT2D eigenvalue weighted by Crippen LogP contribution is 2.38. The second kappa shape index (κ2) is 11.3. The van der Waals surface area contributed by atoms with Gasteiger partial charge >= 0.3 is 6.03 Å². The third-order valence-electron chi connectivity index (χ3n) is 8.55. The largest absolute Gasteiger partial charge is 0.493 e. The van der Waals surface area contributed by atoms with Gasteiger partial charge in [0.05, 0.1) is 36.4 Å². The van der Waals surface area contributed by atoms with E-state index in [1.54, 1.807) is 31.4 Å². The lowest BCUT2D eigenvalue weighted by Gasteiger charge is -2.40. The number of ether oxygens (including phenoxy) is 2. The molecule has 11 heteroatoms. The minimum atomic E-state index is -0.562. The number of amides is 2. The van der Waals surface area contributed by atoms with E-state index in [0.717, 1.165) is 32.4 Å². The van der Waals surface area contributed by atoms with E-state index >= 15 is 0 Å². The number of rotatable bonds is 6. The van der Waals surface area contributed by atoms with E-state index in [2.05, 4.69) is 34.2 Å². The number of aromatic nitrogens is 2. The second-order valence-electron chi connectivity index (χ2n) is 11.2. The zero-order chi connectivity index (χ0) is 28.6. The van der Waals surface area contributed by atoms with Crippen LogP contribution in [-0.4, -0.2) is 96.4 Å². The van der Waals surface area contributed by atoms with E-state index in [1.807, 2.05) is 19.0 Å². The molecule has 0 spiro atoms. The van der Waals surface area contributed by atoms with Crippen LogP contribution in [0.25, 0.3) is 10.9 Å². The summed E-state index contributed by atoms with van der Waals surface area (Å²) in [4.78, 5) is 26.7. The molecule has 2 unspecified atom stereocenters. The lowest BCUT2D eigenvalue weighted by Crippen LogP contribution is -2.60. The van der Waals surface area contributed by atoms with Crippen LogP contribution in [0.2, 0.25) is 5.02 Å². The number of likely N-dealkylation sites (N-methyl/N-ethyl adjacent to an activating group) is 1. The molecule has 214 valence electrons. The van der Waals surface area contributed by atoms with Crippen molar-refractivity contribution < 1.29 is 23.1 Å². The van der Waals surface area contributed by atoms with Crippen LogP contribution in [0.15, 0.2) is 36.7 Å². The Morgan fingerprint density at radius 1 is 1.23 bits per heavy atom. The van der Waals surface area contributed by atoms with Gasteiger partial charge in [-0.2, -0.15) is 0 Å². The van der Waals surface area contributed by atoms with Crippen LogP contribution < -0.4 is 14.8 Å². The van der Waals surface area contributed by atoms with Crippen LogP contribution in [0, 0.1) is 5.82 Å². The average Bonchev–Trinajstić information content (AvgIpc) is 3.24. The van der Waals surface area contributed by atoms with Crippen molar-refractivity contribution >= 4 is 40.0 Å². The van der Waals surface area contributed by atoms with Gasteiger partial charge in [-0.05, 0) is 58.1 Å². The smallest absolute Gasteiger partial charge is 0.419 e. The molecule has 0 radical (unpaired) electrons. The van der Waals surface area contributed by atoms with E-state index in [0.29, 0.717) is 34.8 Å². The summed E-state index contributed by atoms with van der Waals surface area (Å²) in [6, 6.07) is 8.79. The Bertz CT molecular complexity index is 1400. The summed E-state index contributed by atoms with van der Waals surface area (Å²) < 4.78 is 27.0. The molecule has 40 heavy (non-hydrogen) atoms. The molecule has 2 saturated heterocycles. The van der Waals surface area contributed by atoms with Gasteiger partial charge in [-0.1, -0.05) is 17.7 Å². The number of benzene rings is 2. The Balaban J connectivity index is 1.38. The number of urea groups is 1. The van der Waals surface area contributed by atoms with Crippen LogP contribution in [0.5, 0.6) is 11.5 Å². The summed E-state index contributed by atoms with van der Waals surface area (Å²) in [5.41, 5.74) is 0.815. The second-order valence-corrected chi connectivity index (χ2v) is 11.6. The molecule has 5 rings (SSSR count). The molecule has 9 nitrogen and oxygen atoms in total.